The molecule has 128 valence electrons. The lowest BCUT2D eigenvalue weighted by molar-refractivity contribution is -0.115. The molecule has 4 nitrogen and oxygen atoms in total. The zero-order chi connectivity index (χ0) is 17.6. The van der Waals surface area contributed by atoms with Crippen LogP contribution in [0, 0.1) is 0 Å². The number of benzene rings is 2. The van der Waals surface area contributed by atoms with E-state index in [1.165, 1.54) is 16.9 Å². The Labute approximate surface area is 151 Å². The van der Waals surface area contributed by atoms with Gasteiger partial charge in [0.25, 0.3) is 0 Å². The van der Waals surface area contributed by atoms with Gasteiger partial charge in [0.15, 0.2) is 5.13 Å². The van der Waals surface area contributed by atoms with E-state index in [0.29, 0.717) is 5.92 Å². The van der Waals surface area contributed by atoms with Crippen molar-refractivity contribution in [1.82, 2.24) is 4.98 Å². The van der Waals surface area contributed by atoms with Crippen LogP contribution in [-0.2, 0) is 11.2 Å². The zero-order valence-corrected chi connectivity index (χ0v) is 15.1. The van der Waals surface area contributed by atoms with Gasteiger partial charge in [-0.25, -0.2) is 4.98 Å². The third-order valence-electron chi connectivity index (χ3n) is 3.78. The summed E-state index contributed by atoms with van der Waals surface area (Å²) in [5.74, 6) is 0.421. The average molecular weight is 351 g/mol. The number of rotatable bonds is 6. The topological polar surface area (TPSA) is 54.0 Å². The zero-order valence-electron chi connectivity index (χ0n) is 14.3. The summed E-state index contributed by atoms with van der Waals surface area (Å²) in [5, 5.41) is 8.86. The molecular formula is C20H21N3OS. The summed E-state index contributed by atoms with van der Waals surface area (Å²) in [6.45, 7) is 4.30. The first-order valence-electron chi connectivity index (χ1n) is 8.26. The van der Waals surface area contributed by atoms with E-state index in [4.69, 9.17) is 0 Å². The van der Waals surface area contributed by atoms with Crippen molar-refractivity contribution in [2.45, 2.75) is 26.2 Å². The average Bonchev–Trinajstić information content (AvgIpc) is 3.03. The molecule has 0 aliphatic carbocycles. The molecule has 25 heavy (non-hydrogen) atoms. The standard InChI is InChI=1S/C20H21N3OS/c1-14(2)15-8-10-17(11-9-15)21-19(24)12-18-13-25-20(23-18)22-16-6-4-3-5-7-16/h3-11,13-14H,12H2,1-2H3,(H,21,24)(H,22,23). The van der Waals surface area contributed by atoms with Crippen molar-refractivity contribution < 1.29 is 4.79 Å². The molecule has 0 aliphatic rings. The van der Waals surface area contributed by atoms with E-state index < -0.39 is 0 Å². The van der Waals surface area contributed by atoms with Gasteiger partial charge in [0.05, 0.1) is 12.1 Å². The van der Waals surface area contributed by atoms with Gasteiger partial charge in [-0.3, -0.25) is 4.79 Å². The third kappa shape index (κ3) is 4.90. The van der Waals surface area contributed by atoms with Crippen LogP contribution in [0.15, 0.2) is 60.0 Å². The normalized spacial score (nSPS) is 10.7. The number of aromatic nitrogens is 1. The van der Waals surface area contributed by atoms with Crippen LogP contribution in [0.1, 0.15) is 31.0 Å². The van der Waals surface area contributed by atoms with E-state index in [9.17, 15) is 4.79 Å². The summed E-state index contributed by atoms with van der Waals surface area (Å²) in [5.41, 5.74) is 3.82. The highest BCUT2D eigenvalue weighted by Gasteiger charge is 2.09. The molecule has 0 aliphatic heterocycles. The lowest BCUT2D eigenvalue weighted by Gasteiger charge is -2.08. The van der Waals surface area contributed by atoms with E-state index in [1.54, 1.807) is 0 Å². The molecule has 0 fully saturated rings. The molecule has 1 heterocycles. The summed E-state index contributed by atoms with van der Waals surface area (Å²) in [6.07, 6.45) is 0.263. The van der Waals surface area contributed by atoms with E-state index in [1.807, 2.05) is 60.0 Å². The fourth-order valence-corrected chi connectivity index (χ4v) is 3.14. The first-order chi connectivity index (χ1) is 12.1. The Kier molecular flexibility index (Phi) is 5.46. The second-order valence-electron chi connectivity index (χ2n) is 6.14. The molecule has 2 aromatic carbocycles. The van der Waals surface area contributed by atoms with Gasteiger partial charge in [0.1, 0.15) is 0 Å². The van der Waals surface area contributed by atoms with Gasteiger partial charge in [0, 0.05) is 16.8 Å². The molecule has 0 bridgehead atoms. The molecule has 5 heteroatoms. The molecule has 2 N–H and O–H groups in total. The quantitative estimate of drug-likeness (QED) is 0.642. The van der Waals surface area contributed by atoms with E-state index in [2.05, 4.69) is 29.5 Å². The number of hydrogen-bond acceptors (Lipinski definition) is 4. The summed E-state index contributed by atoms with van der Waals surface area (Å²) in [4.78, 5) is 16.7. The summed E-state index contributed by atoms with van der Waals surface area (Å²) in [6, 6.07) is 17.8. The lowest BCUT2D eigenvalue weighted by Crippen LogP contribution is -2.14. The van der Waals surface area contributed by atoms with Crippen LogP contribution in [0.4, 0.5) is 16.5 Å². The van der Waals surface area contributed by atoms with Crippen LogP contribution in [0.3, 0.4) is 0 Å². The molecular weight excluding hydrogens is 330 g/mol. The molecule has 0 saturated carbocycles. The van der Waals surface area contributed by atoms with Crippen LogP contribution in [0.2, 0.25) is 0 Å². The number of anilines is 3. The minimum atomic E-state index is -0.0612. The Bertz CT molecular complexity index is 826. The molecule has 0 unspecified atom stereocenters. The first-order valence-corrected chi connectivity index (χ1v) is 9.14. The predicted molar refractivity (Wildman–Crippen MR) is 105 cm³/mol. The smallest absolute Gasteiger partial charge is 0.230 e. The highest BCUT2D eigenvalue weighted by molar-refractivity contribution is 7.13. The SMILES string of the molecule is CC(C)c1ccc(NC(=O)Cc2csc(Nc3ccccc3)n2)cc1. The molecule has 1 aromatic heterocycles. The Hall–Kier alpha value is -2.66. The predicted octanol–water partition coefficient (Wildman–Crippen LogP) is 5.19. The number of para-hydroxylation sites is 1. The van der Waals surface area contributed by atoms with Crippen molar-refractivity contribution in [2.24, 2.45) is 0 Å². The van der Waals surface area contributed by atoms with Crippen molar-refractivity contribution in [2.75, 3.05) is 10.6 Å². The maximum Gasteiger partial charge on any atom is 0.230 e. The van der Waals surface area contributed by atoms with E-state index in [0.717, 1.165) is 22.2 Å². The number of amides is 1. The van der Waals surface area contributed by atoms with Crippen LogP contribution >= 0.6 is 11.3 Å². The fraction of sp³-hybridized carbons (Fsp3) is 0.200. The molecule has 0 spiro atoms. The largest absolute Gasteiger partial charge is 0.332 e. The van der Waals surface area contributed by atoms with Crippen molar-refractivity contribution in [3.05, 3.63) is 71.2 Å². The van der Waals surface area contributed by atoms with Crippen molar-refractivity contribution in [3.8, 4) is 0 Å². The number of nitrogens with one attached hydrogen (secondary N) is 2. The van der Waals surface area contributed by atoms with Crippen molar-refractivity contribution >= 4 is 33.8 Å². The Morgan fingerprint density at radius 1 is 1.04 bits per heavy atom. The molecule has 3 aromatic rings. The fourth-order valence-electron chi connectivity index (χ4n) is 2.41. The van der Waals surface area contributed by atoms with Crippen LogP contribution in [0.5, 0.6) is 0 Å². The second-order valence-corrected chi connectivity index (χ2v) is 6.99. The van der Waals surface area contributed by atoms with E-state index >= 15 is 0 Å². The Morgan fingerprint density at radius 2 is 1.76 bits per heavy atom. The highest BCUT2D eigenvalue weighted by atomic mass is 32.1. The number of carbonyl (C=O) groups excluding carboxylic acids is 1. The van der Waals surface area contributed by atoms with Crippen LogP contribution < -0.4 is 10.6 Å². The summed E-state index contributed by atoms with van der Waals surface area (Å²) >= 11 is 1.50. The minimum Gasteiger partial charge on any atom is -0.332 e. The minimum absolute atomic E-state index is 0.0612. The number of hydrogen-bond donors (Lipinski definition) is 2. The van der Waals surface area contributed by atoms with Gasteiger partial charge >= 0.3 is 0 Å². The monoisotopic (exact) mass is 351 g/mol. The molecule has 0 saturated heterocycles. The van der Waals surface area contributed by atoms with Gasteiger partial charge in [-0.15, -0.1) is 11.3 Å². The Morgan fingerprint density at radius 3 is 2.44 bits per heavy atom. The molecule has 0 radical (unpaired) electrons. The summed E-state index contributed by atoms with van der Waals surface area (Å²) < 4.78 is 0. The van der Waals surface area contributed by atoms with Crippen LogP contribution in [0.25, 0.3) is 0 Å². The second kappa shape index (κ2) is 7.94. The highest BCUT2D eigenvalue weighted by Crippen LogP contribution is 2.21. The maximum atomic E-state index is 12.2. The molecule has 1 amide bonds. The number of thiazole rings is 1. The van der Waals surface area contributed by atoms with Gasteiger partial charge in [0.2, 0.25) is 5.91 Å². The van der Waals surface area contributed by atoms with Gasteiger partial charge in [-0.2, -0.15) is 0 Å². The van der Waals surface area contributed by atoms with Gasteiger partial charge in [-0.1, -0.05) is 44.2 Å². The van der Waals surface area contributed by atoms with Gasteiger partial charge < -0.3 is 10.6 Å². The number of carbonyl (C=O) groups is 1. The van der Waals surface area contributed by atoms with Gasteiger partial charge in [-0.05, 0) is 35.7 Å². The van der Waals surface area contributed by atoms with E-state index in [-0.39, 0.29) is 12.3 Å². The molecule has 0 atom stereocenters. The first kappa shape index (κ1) is 17.2. The maximum absolute atomic E-state index is 12.2. The van der Waals surface area contributed by atoms with Crippen molar-refractivity contribution in [1.29, 1.82) is 0 Å². The third-order valence-corrected chi connectivity index (χ3v) is 4.59. The van der Waals surface area contributed by atoms with Crippen molar-refractivity contribution in [3.63, 3.8) is 0 Å². The number of nitrogens with zero attached hydrogens (tertiary/aromatic N) is 1. The lowest BCUT2D eigenvalue weighted by atomic mass is 10.0. The Balaban J connectivity index is 1.56. The summed E-state index contributed by atoms with van der Waals surface area (Å²) in [7, 11) is 0. The molecule has 3 rings (SSSR count). The van der Waals surface area contributed by atoms with Crippen LogP contribution in [-0.4, -0.2) is 10.9 Å².